The fourth-order valence-electron chi connectivity index (χ4n) is 3.19. The molecule has 4 aromatic rings. The number of benzene rings is 1. The van der Waals surface area contributed by atoms with Crippen LogP contribution >= 0.6 is 23.1 Å². The second-order valence-electron chi connectivity index (χ2n) is 6.64. The first-order valence-corrected chi connectivity index (χ1v) is 10.8. The first kappa shape index (κ1) is 18.9. The van der Waals surface area contributed by atoms with E-state index < -0.39 is 0 Å². The minimum Gasteiger partial charge on any atom is -0.309 e. The Morgan fingerprint density at radius 1 is 1.21 bits per heavy atom. The number of nitrogens with zero attached hydrogens (tertiary/aromatic N) is 3. The van der Waals surface area contributed by atoms with Gasteiger partial charge in [-0.05, 0) is 45.4 Å². The third-order valence-corrected chi connectivity index (χ3v) is 7.07. The Bertz CT molecular complexity index is 1320. The molecule has 0 saturated carbocycles. The van der Waals surface area contributed by atoms with E-state index in [-0.39, 0.29) is 16.4 Å². The Labute approximate surface area is 169 Å². The van der Waals surface area contributed by atoms with Gasteiger partial charge >= 0.3 is 0 Å². The number of fused-ring (bicyclic) bond motifs is 2. The van der Waals surface area contributed by atoms with Crippen LogP contribution in [-0.4, -0.2) is 19.5 Å². The number of H-pyrrole nitrogens is 1. The van der Waals surface area contributed by atoms with Crippen LogP contribution < -0.4 is 11.1 Å². The van der Waals surface area contributed by atoms with Gasteiger partial charge in [0.25, 0.3) is 11.1 Å². The van der Waals surface area contributed by atoms with E-state index in [9.17, 15) is 9.59 Å². The summed E-state index contributed by atoms with van der Waals surface area (Å²) in [6.07, 6.45) is 0. The predicted molar refractivity (Wildman–Crippen MR) is 116 cm³/mol. The van der Waals surface area contributed by atoms with Crippen molar-refractivity contribution in [1.82, 2.24) is 19.5 Å². The maximum absolute atomic E-state index is 12.8. The van der Waals surface area contributed by atoms with E-state index in [1.54, 1.807) is 10.6 Å². The second kappa shape index (κ2) is 7.18. The fourth-order valence-corrected chi connectivity index (χ4v) is 5.26. The first-order chi connectivity index (χ1) is 13.4. The lowest BCUT2D eigenvalue weighted by atomic mass is 10.2. The highest BCUT2D eigenvalue weighted by Crippen LogP contribution is 2.33. The molecule has 0 bridgehead atoms. The predicted octanol–water partition coefficient (Wildman–Crippen LogP) is 4.18. The number of hydrogen-bond donors (Lipinski definition) is 1. The zero-order valence-corrected chi connectivity index (χ0v) is 17.7. The summed E-state index contributed by atoms with van der Waals surface area (Å²) in [7, 11) is 0. The molecule has 0 amide bonds. The van der Waals surface area contributed by atoms with Crippen LogP contribution in [0.2, 0.25) is 0 Å². The molecule has 0 spiro atoms. The van der Waals surface area contributed by atoms with E-state index >= 15 is 0 Å². The number of aromatic amines is 1. The third-order valence-electron chi connectivity index (χ3n) is 4.87. The van der Waals surface area contributed by atoms with Gasteiger partial charge in [-0.15, -0.1) is 11.3 Å². The van der Waals surface area contributed by atoms with Gasteiger partial charge in [-0.1, -0.05) is 23.9 Å². The van der Waals surface area contributed by atoms with Crippen LogP contribution in [-0.2, 0) is 6.54 Å². The second-order valence-corrected chi connectivity index (χ2v) is 9.15. The quantitative estimate of drug-likeness (QED) is 0.402. The molecule has 144 valence electrons. The highest BCUT2D eigenvalue weighted by molar-refractivity contribution is 7.99. The Hall–Kier alpha value is -2.45. The minimum atomic E-state index is -0.161. The lowest BCUT2D eigenvalue weighted by molar-refractivity contribution is 0.632. The summed E-state index contributed by atoms with van der Waals surface area (Å²) in [5, 5.41) is 1.74. The molecular formula is C20H20N4O2S2. The summed E-state index contributed by atoms with van der Waals surface area (Å²) in [5.41, 5.74) is 1.49. The number of thiophene rings is 1. The van der Waals surface area contributed by atoms with E-state index in [1.165, 1.54) is 23.1 Å². The van der Waals surface area contributed by atoms with E-state index in [4.69, 9.17) is 0 Å². The lowest BCUT2D eigenvalue weighted by Crippen LogP contribution is -2.23. The number of para-hydroxylation sites is 1. The van der Waals surface area contributed by atoms with E-state index in [0.29, 0.717) is 33.8 Å². The van der Waals surface area contributed by atoms with Crippen molar-refractivity contribution in [1.29, 1.82) is 0 Å². The Morgan fingerprint density at radius 3 is 2.71 bits per heavy atom. The molecule has 0 aliphatic carbocycles. The Kier molecular flexibility index (Phi) is 4.84. The molecule has 3 aromatic heterocycles. The monoisotopic (exact) mass is 412 g/mol. The van der Waals surface area contributed by atoms with E-state index in [1.807, 2.05) is 45.9 Å². The van der Waals surface area contributed by atoms with Crippen molar-refractivity contribution in [2.24, 2.45) is 0 Å². The van der Waals surface area contributed by atoms with Crippen molar-refractivity contribution in [3.8, 4) is 0 Å². The summed E-state index contributed by atoms with van der Waals surface area (Å²) in [6, 6.07) is 7.35. The Balaban J connectivity index is 1.78. The van der Waals surface area contributed by atoms with Crippen LogP contribution in [0.15, 0.2) is 39.0 Å². The molecule has 8 heteroatoms. The van der Waals surface area contributed by atoms with Crippen molar-refractivity contribution in [3.63, 3.8) is 0 Å². The summed E-state index contributed by atoms with van der Waals surface area (Å²) in [6.45, 7) is 8.36. The van der Waals surface area contributed by atoms with Crippen LogP contribution in [0.25, 0.3) is 21.1 Å². The van der Waals surface area contributed by atoms with Gasteiger partial charge in [-0.3, -0.25) is 14.2 Å². The SMILES string of the molecule is CCn1c(SC(C)c2nc3sc(C)c(C)c3c(=O)[nH]2)nc2ccccc2c1=O. The summed E-state index contributed by atoms with van der Waals surface area (Å²) in [5.74, 6) is 0.591. The molecule has 6 nitrogen and oxygen atoms in total. The summed E-state index contributed by atoms with van der Waals surface area (Å²) in [4.78, 5) is 39.5. The molecule has 1 atom stereocenters. The molecule has 0 radical (unpaired) electrons. The first-order valence-electron chi connectivity index (χ1n) is 9.06. The van der Waals surface area contributed by atoms with Crippen molar-refractivity contribution in [3.05, 3.63) is 61.2 Å². The molecule has 0 aliphatic heterocycles. The van der Waals surface area contributed by atoms with Crippen molar-refractivity contribution in [2.45, 2.75) is 44.6 Å². The number of rotatable bonds is 4. The van der Waals surface area contributed by atoms with Crippen molar-refractivity contribution in [2.75, 3.05) is 0 Å². The number of aryl methyl sites for hydroxylation is 2. The van der Waals surface area contributed by atoms with E-state index in [0.717, 1.165) is 15.3 Å². The van der Waals surface area contributed by atoms with Crippen LogP contribution in [0.5, 0.6) is 0 Å². The zero-order chi connectivity index (χ0) is 20.0. The molecule has 0 saturated heterocycles. The molecule has 1 aromatic carbocycles. The third kappa shape index (κ3) is 3.06. The fraction of sp³-hybridized carbons (Fsp3) is 0.300. The standard InChI is InChI=1S/C20H20N4O2S2/c1-5-24-19(26)13-8-6-7-9-14(13)21-20(24)28-12(4)16-22-17(25)15-10(2)11(3)27-18(15)23-16/h6-9,12H,5H2,1-4H3,(H,22,23,25). The molecule has 0 fully saturated rings. The summed E-state index contributed by atoms with van der Waals surface area (Å²) < 4.78 is 1.67. The number of aromatic nitrogens is 4. The highest BCUT2D eigenvalue weighted by Gasteiger charge is 2.19. The van der Waals surface area contributed by atoms with Gasteiger partial charge in [0.05, 0.1) is 21.5 Å². The molecule has 3 heterocycles. The molecular weight excluding hydrogens is 392 g/mol. The number of hydrogen-bond acceptors (Lipinski definition) is 6. The Morgan fingerprint density at radius 2 is 1.96 bits per heavy atom. The minimum absolute atomic E-state index is 0.0517. The molecule has 1 N–H and O–H groups in total. The topological polar surface area (TPSA) is 80.6 Å². The molecule has 1 unspecified atom stereocenters. The van der Waals surface area contributed by atoms with Crippen LogP contribution in [0.1, 0.15) is 35.4 Å². The van der Waals surface area contributed by atoms with Gasteiger partial charge in [0.2, 0.25) is 0 Å². The molecule has 28 heavy (non-hydrogen) atoms. The van der Waals surface area contributed by atoms with Gasteiger partial charge in [0.15, 0.2) is 5.16 Å². The molecule has 4 rings (SSSR count). The molecule has 0 aliphatic rings. The van der Waals surface area contributed by atoms with Crippen LogP contribution in [0.4, 0.5) is 0 Å². The van der Waals surface area contributed by atoms with Crippen LogP contribution in [0, 0.1) is 13.8 Å². The highest BCUT2D eigenvalue weighted by atomic mass is 32.2. The average molecular weight is 413 g/mol. The van der Waals surface area contributed by atoms with Gasteiger partial charge in [-0.25, -0.2) is 9.97 Å². The van der Waals surface area contributed by atoms with Gasteiger partial charge < -0.3 is 4.98 Å². The van der Waals surface area contributed by atoms with Gasteiger partial charge in [-0.2, -0.15) is 0 Å². The van der Waals surface area contributed by atoms with Gasteiger partial charge in [0, 0.05) is 11.4 Å². The summed E-state index contributed by atoms with van der Waals surface area (Å²) >= 11 is 2.96. The number of thioether (sulfide) groups is 1. The van der Waals surface area contributed by atoms with Crippen LogP contribution in [0.3, 0.4) is 0 Å². The lowest BCUT2D eigenvalue weighted by Gasteiger charge is -2.15. The maximum Gasteiger partial charge on any atom is 0.262 e. The normalized spacial score (nSPS) is 12.7. The van der Waals surface area contributed by atoms with Gasteiger partial charge in [0.1, 0.15) is 10.7 Å². The smallest absolute Gasteiger partial charge is 0.262 e. The maximum atomic E-state index is 12.8. The van der Waals surface area contributed by atoms with E-state index in [2.05, 4.69) is 15.0 Å². The largest absolute Gasteiger partial charge is 0.309 e. The van der Waals surface area contributed by atoms with Crippen molar-refractivity contribution >= 4 is 44.2 Å². The van der Waals surface area contributed by atoms with Crippen molar-refractivity contribution < 1.29 is 0 Å². The zero-order valence-electron chi connectivity index (χ0n) is 16.1. The number of nitrogens with one attached hydrogen (secondary N) is 1. The average Bonchev–Trinajstić information content (AvgIpc) is 2.96.